The van der Waals surface area contributed by atoms with E-state index < -0.39 is 0 Å². The topological polar surface area (TPSA) is 23.8 Å². The van der Waals surface area contributed by atoms with E-state index in [2.05, 4.69) is 0 Å². The van der Waals surface area contributed by atoms with Crippen LogP contribution in [-0.2, 0) is 0 Å². The molecule has 0 amide bonds. The fourth-order valence-corrected chi connectivity index (χ4v) is 0. The lowest BCUT2D eigenvalue weighted by atomic mass is 11.0. The molecule has 0 aromatic heterocycles. The maximum Gasteiger partial charge on any atom is 0.118 e. The van der Waals surface area contributed by atoms with E-state index in [9.17, 15) is 0 Å². The zero-order chi connectivity index (χ0) is 6.99. The third-order valence-electron chi connectivity index (χ3n) is 0.0825. The number of nitrogens with zero attached hydrogens (tertiary/aromatic N) is 1. The lowest BCUT2D eigenvalue weighted by Crippen LogP contribution is -1.33. The van der Waals surface area contributed by atoms with Gasteiger partial charge in [-0.05, 0) is 0 Å². The minimum absolute atomic E-state index is 0.0895. The van der Waals surface area contributed by atoms with Gasteiger partial charge in [-0.3, -0.25) is 0 Å². The first-order valence-corrected chi connectivity index (χ1v) is 2.80. The molecule has 0 bridgehead atoms. The predicted octanol–water partition coefficient (Wildman–Crippen LogP) is 3.03. The zero-order valence-electron chi connectivity index (χ0n) is 4.16. The fourth-order valence-electron chi connectivity index (χ4n) is 0. The molecular formula is C4H4Cl3N. The Labute approximate surface area is 63.5 Å². The molecule has 4 heteroatoms. The Morgan fingerprint density at radius 3 is 1.75 bits per heavy atom. The molecule has 0 saturated carbocycles. The second-order valence-electron chi connectivity index (χ2n) is 0.622. The second kappa shape index (κ2) is 10.2. The predicted molar refractivity (Wildman–Crippen MR) is 36.9 cm³/mol. The van der Waals surface area contributed by atoms with E-state index in [1.54, 1.807) is 6.07 Å². The first kappa shape index (κ1) is 11.0. The zero-order valence-corrected chi connectivity index (χ0v) is 6.43. The van der Waals surface area contributed by atoms with Crippen LogP contribution in [0.2, 0.25) is 0 Å². The molecule has 0 aliphatic carbocycles. The molecule has 0 aliphatic rings. The van der Waals surface area contributed by atoms with Gasteiger partial charge in [-0.2, -0.15) is 5.26 Å². The summed E-state index contributed by atoms with van der Waals surface area (Å²) in [7, 11) is 0. The minimum atomic E-state index is 0.0895. The minimum Gasteiger partial charge on any atom is -0.199 e. The van der Waals surface area contributed by atoms with Crippen molar-refractivity contribution in [3.8, 4) is 6.07 Å². The number of halogens is 3. The third-order valence-corrected chi connectivity index (χ3v) is 0.742. The van der Waals surface area contributed by atoms with Crippen molar-refractivity contribution in [3.63, 3.8) is 0 Å². The van der Waals surface area contributed by atoms with E-state index >= 15 is 0 Å². The number of rotatable bonds is 0. The van der Waals surface area contributed by atoms with E-state index in [0.717, 1.165) is 5.54 Å². The molecule has 1 nitrogen and oxygen atoms in total. The van der Waals surface area contributed by atoms with Gasteiger partial charge in [-0.15, -0.1) is 0 Å². The van der Waals surface area contributed by atoms with E-state index in [0.29, 0.717) is 0 Å². The van der Waals surface area contributed by atoms with Gasteiger partial charge in [0.25, 0.3) is 0 Å². The fraction of sp³-hybridized carbons (Fsp3) is 0.250. The van der Waals surface area contributed by atoms with E-state index in [4.69, 9.17) is 40.1 Å². The summed E-state index contributed by atoms with van der Waals surface area (Å²) in [5.74, 6) is 0. The molecule has 0 spiro atoms. The highest BCUT2D eigenvalue weighted by Crippen LogP contribution is 2.05. The molecule has 0 N–H and O–H groups in total. The second-order valence-corrected chi connectivity index (χ2v) is 1.85. The lowest BCUT2D eigenvalue weighted by Gasteiger charge is -1.64. The van der Waals surface area contributed by atoms with Gasteiger partial charge in [0.05, 0.1) is 6.07 Å². The summed E-state index contributed by atoms with van der Waals surface area (Å²) in [6, 6.07) is 1.75. The quantitative estimate of drug-likeness (QED) is 0.551. The Morgan fingerprint density at radius 2 is 1.75 bits per heavy atom. The smallest absolute Gasteiger partial charge is 0.118 e. The van der Waals surface area contributed by atoms with Crippen LogP contribution in [-0.4, -0.2) is 0 Å². The Morgan fingerprint density at radius 1 is 1.62 bits per heavy atom. The van der Waals surface area contributed by atoms with Gasteiger partial charge in [-0.25, -0.2) is 0 Å². The summed E-state index contributed by atoms with van der Waals surface area (Å²) in [6.45, 7) is 1.43. The normalized spacial score (nSPS) is 5.38. The largest absolute Gasteiger partial charge is 0.199 e. The van der Waals surface area contributed by atoms with E-state index in [1.165, 1.54) is 6.92 Å². The van der Waals surface area contributed by atoms with Crippen molar-refractivity contribution in [3.05, 3.63) is 10.0 Å². The molecule has 0 aromatic rings. The van der Waals surface area contributed by atoms with Crippen LogP contribution < -0.4 is 0 Å². The van der Waals surface area contributed by atoms with Crippen LogP contribution in [0.5, 0.6) is 0 Å². The van der Waals surface area contributed by atoms with Crippen LogP contribution in [0, 0.1) is 11.3 Å². The molecule has 46 valence electrons. The molecule has 0 heterocycles. The molecule has 0 aliphatic heterocycles. The van der Waals surface area contributed by atoms with Gasteiger partial charge in [0, 0.05) is 12.5 Å². The summed E-state index contributed by atoms with van der Waals surface area (Å²) in [6.07, 6.45) is 0. The number of hydrogen-bond donors (Lipinski definition) is 0. The number of hydrogen-bond acceptors (Lipinski definition) is 1. The average molecular weight is 172 g/mol. The highest BCUT2D eigenvalue weighted by Gasteiger charge is 1.70. The van der Waals surface area contributed by atoms with E-state index in [-0.39, 0.29) is 4.49 Å². The van der Waals surface area contributed by atoms with Gasteiger partial charge < -0.3 is 0 Å². The van der Waals surface area contributed by atoms with Crippen LogP contribution >= 0.6 is 34.8 Å². The van der Waals surface area contributed by atoms with Gasteiger partial charge >= 0.3 is 0 Å². The maximum atomic E-state index is 7.32. The van der Waals surface area contributed by atoms with Crippen molar-refractivity contribution in [1.82, 2.24) is 0 Å². The van der Waals surface area contributed by atoms with Crippen molar-refractivity contribution in [2.45, 2.75) is 6.92 Å². The SMILES string of the molecule is CC#N.ClC=C(Cl)Cl. The van der Waals surface area contributed by atoms with Crippen molar-refractivity contribution < 1.29 is 0 Å². The van der Waals surface area contributed by atoms with Crippen LogP contribution in [0.15, 0.2) is 10.0 Å². The van der Waals surface area contributed by atoms with Crippen molar-refractivity contribution in [1.29, 1.82) is 5.26 Å². The van der Waals surface area contributed by atoms with E-state index in [1.807, 2.05) is 0 Å². The summed E-state index contributed by atoms with van der Waals surface area (Å²) >= 11 is 14.8. The third kappa shape index (κ3) is 36.0. The molecule has 0 rings (SSSR count). The first-order chi connectivity index (χ1) is 3.68. The molecular weight excluding hydrogens is 168 g/mol. The van der Waals surface area contributed by atoms with Gasteiger partial charge in [-0.1, -0.05) is 34.8 Å². The summed E-state index contributed by atoms with van der Waals surface area (Å²) in [5.41, 5.74) is 1.09. The van der Waals surface area contributed by atoms with Crippen molar-refractivity contribution in [2.24, 2.45) is 0 Å². The molecule has 8 heavy (non-hydrogen) atoms. The Kier molecular flexibility index (Phi) is 13.9. The summed E-state index contributed by atoms with van der Waals surface area (Å²) < 4.78 is 0.0895. The van der Waals surface area contributed by atoms with Crippen LogP contribution in [0.1, 0.15) is 6.92 Å². The molecule has 0 saturated heterocycles. The molecule has 0 unspecified atom stereocenters. The monoisotopic (exact) mass is 171 g/mol. The van der Waals surface area contributed by atoms with Crippen molar-refractivity contribution in [2.75, 3.05) is 0 Å². The van der Waals surface area contributed by atoms with Crippen LogP contribution in [0.25, 0.3) is 0 Å². The van der Waals surface area contributed by atoms with Crippen molar-refractivity contribution >= 4 is 34.8 Å². The molecule has 0 fully saturated rings. The Balaban J connectivity index is 0. The molecule has 0 atom stereocenters. The summed E-state index contributed by atoms with van der Waals surface area (Å²) in [5, 5.41) is 7.32. The molecule has 0 radical (unpaired) electrons. The highest BCUT2D eigenvalue weighted by molar-refractivity contribution is 6.58. The highest BCUT2D eigenvalue weighted by atomic mass is 35.5. The van der Waals surface area contributed by atoms with Gasteiger partial charge in [0.1, 0.15) is 4.49 Å². The van der Waals surface area contributed by atoms with Crippen LogP contribution in [0.3, 0.4) is 0 Å². The van der Waals surface area contributed by atoms with Gasteiger partial charge in [0.15, 0.2) is 0 Å². The average Bonchev–Trinajstić information content (AvgIpc) is 1.69. The standard InChI is InChI=1S/C2HCl3.C2H3N/c3-1-2(4)5;1-2-3/h1H;1H3. The Bertz CT molecular complexity index is 98.3. The maximum absolute atomic E-state index is 7.32. The lowest BCUT2D eigenvalue weighted by molar-refractivity contribution is 1.49. The van der Waals surface area contributed by atoms with Crippen LogP contribution in [0.4, 0.5) is 0 Å². The Hall–Kier alpha value is 0.1000. The number of nitriles is 1. The first-order valence-electron chi connectivity index (χ1n) is 1.61. The molecule has 0 aromatic carbocycles. The summed E-state index contributed by atoms with van der Waals surface area (Å²) in [4.78, 5) is 0. The van der Waals surface area contributed by atoms with Gasteiger partial charge in [0.2, 0.25) is 0 Å².